The molecule has 0 N–H and O–H groups in total. The highest BCUT2D eigenvalue weighted by Crippen LogP contribution is 2.23. The molecule has 0 aliphatic rings. The van der Waals surface area contributed by atoms with E-state index in [1.807, 2.05) is 4.90 Å². The van der Waals surface area contributed by atoms with Gasteiger partial charge in [0.25, 0.3) is 5.69 Å². The molecule has 0 aliphatic heterocycles. The monoisotopic (exact) mass is 240 g/mol. The zero-order chi connectivity index (χ0) is 13.0. The second-order valence-electron chi connectivity index (χ2n) is 4.53. The minimum absolute atomic E-state index is 0.212. The molecule has 1 aromatic carbocycles. The first-order chi connectivity index (χ1) is 7.90. The molecular weight excluding hydrogens is 223 g/mol. The number of anilines is 1. The first-order valence-electron chi connectivity index (χ1n) is 5.56. The zero-order valence-electron chi connectivity index (χ0n) is 10.3. The fraction of sp³-hybridized carbons (Fsp3) is 0.500. The summed E-state index contributed by atoms with van der Waals surface area (Å²) in [5.41, 5.74) is 0.328. The van der Waals surface area contributed by atoms with Gasteiger partial charge >= 0.3 is 0 Å². The van der Waals surface area contributed by atoms with Crippen LogP contribution in [0.2, 0.25) is 0 Å². The van der Waals surface area contributed by atoms with E-state index >= 15 is 0 Å². The second-order valence-corrected chi connectivity index (χ2v) is 4.53. The largest absolute Gasteiger partial charge is 0.374 e. The third-order valence-electron chi connectivity index (χ3n) is 2.56. The summed E-state index contributed by atoms with van der Waals surface area (Å²) < 4.78 is 13.2. The molecule has 0 aliphatic carbocycles. The highest BCUT2D eigenvalue weighted by molar-refractivity contribution is 5.53. The maximum Gasteiger partial charge on any atom is 0.274 e. The van der Waals surface area contributed by atoms with Gasteiger partial charge in [-0.1, -0.05) is 13.8 Å². The van der Waals surface area contributed by atoms with Crippen LogP contribution in [-0.2, 0) is 0 Å². The van der Waals surface area contributed by atoms with Crippen LogP contribution >= 0.6 is 0 Å². The van der Waals surface area contributed by atoms with Gasteiger partial charge in [-0.05, 0) is 18.4 Å². The van der Waals surface area contributed by atoms with Gasteiger partial charge in [-0.15, -0.1) is 0 Å². The summed E-state index contributed by atoms with van der Waals surface area (Å²) >= 11 is 0. The Morgan fingerprint density at radius 2 is 2.06 bits per heavy atom. The van der Waals surface area contributed by atoms with Gasteiger partial charge in [0.05, 0.1) is 11.0 Å². The number of benzene rings is 1. The minimum atomic E-state index is -0.580. The van der Waals surface area contributed by atoms with E-state index in [1.165, 1.54) is 12.1 Å². The smallest absolute Gasteiger partial charge is 0.274 e. The zero-order valence-corrected chi connectivity index (χ0v) is 10.3. The highest BCUT2D eigenvalue weighted by atomic mass is 19.1. The van der Waals surface area contributed by atoms with Gasteiger partial charge in [-0.3, -0.25) is 10.1 Å². The Bertz CT molecular complexity index is 407. The van der Waals surface area contributed by atoms with Crippen LogP contribution in [0.5, 0.6) is 0 Å². The highest BCUT2D eigenvalue weighted by Gasteiger charge is 2.12. The van der Waals surface area contributed by atoms with Crippen LogP contribution in [0.1, 0.15) is 20.3 Å². The molecule has 0 unspecified atom stereocenters. The Morgan fingerprint density at radius 3 is 2.59 bits per heavy atom. The van der Waals surface area contributed by atoms with Gasteiger partial charge in [0.15, 0.2) is 0 Å². The Balaban J connectivity index is 2.86. The van der Waals surface area contributed by atoms with Gasteiger partial charge in [0, 0.05) is 25.3 Å². The van der Waals surface area contributed by atoms with Gasteiger partial charge in [-0.2, -0.15) is 0 Å². The maximum atomic E-state index is 13.2. The quantitative estimate of drug-likeness (QED) is 0.586. The van der Waals surface area contributed by atoms with E-state index in [2.05, 4.69) is 13.8 Å². The Hall–Kier alpha value is -1.65. The molecule has 0 saturated carbocycles. The van der Waals surface area contributed by atoms with Gasteiger partial charge in [-0.25, -0.2) is 4.39 Å². The third kappa shape index (κ3) is 4.01. The van der Waals surface area contributed by atoms with E-state index in [4.69, 9.17) is 0 Å². The molecule has 0 bridgehead atoms. The molecule has 17 heavy (non-hydrogen) atoms. The summed E-state index contributed by atoms with van der Waals surface area (Å²) in [4.78, 5) is 11.9. The van der Waals surface area contributed by atoms with E-state index in [-0.39, 0.29) is 5.69 Å². The summed E-state index contributed by atoms with van der Waals surface area (Å²) in [6.07, 6.45) is 0.959. The normalized spacial score (nSPS) is 10.6. The first-order valence-corrected chi connectivity index (χ1v) is 5.56. The van der Waals surface area contributed by atoms with E-state index in [9.17, 15) is 14.5 Å². The molecular formula is C12H17FN2O2. The molecule has 94 valence electrons. The van der Waals surface area contributed by atoms with Crippen molar-refractivity contribution in [3.63, 3.8) is 0 Å². The lowest BCUT2D eigenvalue weighted by Crippen LogP contribution is -2.20. The number of rotatable bonds is 5. The van der Waals surface area contributed by atoms with Crippen LogP contribution in [-0.4, -0.2) is 18.5 Å². The molecule has 0 aromatic heterocycles. The summed E-state index contributed by atoms with van der Waals surface area (Å²) in [5.74, 6) is -0.0356. The van der Waals surface area contributed by atoms with Crippen molar-refractivity contribution in [1.29, 1.82) is 0 Å². The Kier molecular flexibility index (Phi) is 4.43. The lowest BCUT2D eigenvalue weighted by atomic mass is 10.1. The lowest BCUT2D eigenvalue weighted by molar-refractivity contribution is -0.385. The molecule has 0 heterocycles. The summed E-state index contributed by atoms with van der Waals surface area (Å²) in [5, 5.41) is 10.6. The fourth-order valence-electron chi connectivity index (χ4n) is 1.47. The van der Waals surface area contributed by atoms with E-state index in [0.29, 0.717) is 11.6 Å². The fourth-order valence-corrected chi connectivity index (χ4v) is 1.47. The summed E-state index contributed by atoms with van der Waals surface area (Å²) in [6, 6.07) is 3.64. The van der Waals surface area contributed by atoms with Gasteiger partial charge < -0.3 is 4.90 Å². The topological polar surface area (TPSA) is 46.4 Å². The maximum absolute atomic E-state index is 13.2. The van der Waals surface area contributed by atoms with Crippen molar-refractivity contribution in [3.05, 3.63) is 34.1 Å². The molecule has 1 rings (SSSR count). The molecule has 0 saturated heterocycles. The van der Waals surface area contributed by atoms with Crippen LogP contribution in [0.15, 0.2) is 18.2 Å². The van der Waals surface area contributed by atoms with Crippen molar-refractivity contribution >= 4 is 11.4 Å². The number of hydrogen-bond acceptors (Lipinski definition) is 3. The predicted octanol–water partition coefficient (Wildman–Crippen LogP) is 3.22. The standard InChI is InChI=1S/C12H17FN2O2/c1-9(2)4-5-14(3)11-6-10(13)7-12(8-11)15(16)17/h6-9H,4-5H2,1-3H3. The van der Waals surface area contributed by atoms with Crippen molar-refractivity contribution in [2.45, 2.75) is 20.3 Å². The Labute approximate surface area is 100 Å². The van der Waals surface area contributed by atoms with Crippen LogP contribution in [0.25, 0.3) is 0 Å². The number of nitrogens with zero attached hydrogens (tertiary/aromatic N) is 2. The average Bonchev–Trinajstić information content (AvgIpc) is 2.24. The second kappa shape index (κ2) is 5.61. The van der Waals surface area contributed by atoms with Crippen molar-refractivity contribution < 1.29 is 9.31 Å². The van der Waals surface area contributed by atoms with Crippen molar-refractivity contribution in [2.75, 3.05) is 18.5 Å². The van der Waals surface area contributed by atoms with Crippen LogP contribution < -0.4 is 4.90 Å². The van der Waals surface area contributed by atoms with Gasteiger partial charge in [0.2, 0.25) is 0 Å². The third-order valence-corrected chi connectivity index (χ3v) is 2.56. The molecule has 0 atom stereocenters. The minimum Gasteiger partial charge on any atom is -0.374 e. The first kappa shape index (κ1) is 13.4. The van der Waals surface area contributed by atoms with E-state index in [0.717, 1.165) is 19.0 Å². The van der Waals surface area contributed by atoms with Crippen molar-refractivity contribution in [3.8, 4) is 0 Å². The van der Waals surface area contributed by atoms with Crippen LogP contribution in [0.4, 0.5) is 15.8 Å². The van der Waals surface area contributed by atoms with Crippen LogP contribution in [0.3, 0.4) is 0 Å². The average molecular weight is 240 g/mol. The molecule has 0 radical (unpaired) electrons. The van der Waals surface area contributed by atoms with Gasteiger partial charge in [0.1, 0.15) is 5.82 Å². The molecule has 4 nitrogen and oxygen atoms in total. The molecule has 0 fully saturated rings. The Morgan fingerprint density at radius 1 is 1.41 bits per heavy atom. The van der Waals surface area contributed by atoms with Crippen molar-refractivity contribution in [2.24, 2.45) is 5.92 Å². The molecule has 0 spiro atoms. The van der Waals surface area contributed by atoms with Crippen LogP contribution in [0, 0.1) is 21.8 Å². The number of non-ortho nitro benzene ring substituents is 1. The number of nitro groups is 1. The van der Waals surface area contributed by atoms with E-state index in [1.54, 1.807) is 7.05 Å². The number of hydrogen-bond donors (Lipinski definition) is 0. The lowest BCUT2D eigenvalue weighted by Gasteiger charge is -2.20. The summed E-state index contributed by atoms with van der Waals surface area (Å²) in [7, 11) is 1.81. The molecule has 0 amide bonds. The van der Waals surface area contributed by atoms with E-state index < -0.39 is 10.7 Å². The number of nitro benzene ring substituents is 1. The number of halogens is 1. The van der Waals surface area contributed by atoms with Crippen molar-refractivity contribution in [1.82, 2.24) is 0 Å². The SMILES string of the molecule is CC(C)CCN(C)c1cc(F)cc([N+](=O)[O-])c1. The predicted molar refractivity (Wildman–Crippen MR) is 65.8 cm³/mol. The molecule has 5 heteroatoms. The summed E-state index contributed by atoms with van der Waals surface area (Å²) in [6.45, 7) is 4.95. The molecule has 1 aromatic rings.